The van der Waals surface area contributed by atoms with Gasteiger partial charge in [-0.05, 0) is 72.8 Å². The number of carbonyl (C=O) groups is 3. The molecule has 0 heterocycles. The predicted molar refractivity (Wildman–Crippen MR) is 142 cm³/mol. The topological polar surface area (TPSA) is 72.9 Å². The Balaban J connectivity index is 1.66. The summed E-state index contributed by atoms with van der Waals surface area (Å²) in [5.74, 6) is 0.335. The van der Waals surface area contributed by atoms with Crippen molar-refractivity contribution in [2.75, 3.05) is 32.7 Å². The second-order valence-electron chi connectivity index (χ2n) is 11.8. The molecule has 3 fully saturated rings. The molecule has 6 heteroatoms. The van der Waals surface area contributed by atoms with Crippen LogP contribution in [0, 0.1) is 17.3 Å². The zero-order valence-electron chi connectivity index (χ0n) is 22.8. The minimum atomic E-state index is -1.19. The molecule has 5 atom stereocenters. The van der Waals surface area contributed by atoms with Crippen LogP contribution in [0.15, 0.2) is 47.1 Å². The molecule has 0 aromatic heterocycles. The van der Waals surface area contributed by atoms with Gasteiger partial charge in [-0.15, -0.1) is 0 Å². The van der Waals surface area contributed by atoms with Gasteiger partial charge in [-0.25, -0.2) is 0 Å². The van der Waals surface area contributed by atoms with Crippen molar-refractivity contribution >= 4 is 23.2 Å². The van der Waals surface area contributed by atoms with Gasteiger partial charge in [0.2, 0.25) is 5.78 Å². The quantitative estimate of drug-likeness (QED) is 0.497. The Kier molecular flexibility index (Phi) is 6.68. The standard InChI is InChI=1S/C31H39NO5/c1-19(33)37-31(28(35)18-36-5)15-14-27-25-12-8-21-16-23(34)11-13-24(21)29(25)26(17-30(27,31)2)20-6-9-22(10-7-20)32(3)4/h6-10,25-27H,11-18H2,1-5H3/t25-,26+,27-,30-,31-/m0/s1. The smallest absolute Gasteiger partial charge is 0.303 e. The number of hydrogen-bond acceptors (Lipinski definition) is 6. The monoisotopic (exact) mass is 505 g/mol. The molecule has 0 N–H and O–H groups in total. The van der Waals surface area contributed by atoms with Gasteiger partial charge in [0.1, 0.15) is 12.4 Å². The van der Waals surface area contributed by atoms with Crippen LogP contribution in [0.2, 0.25) is 0 Å². The van der Waals surface area contributed by atoms with E-state index in [0.29, 0.717) is 25.0 Å². The minimum absolute atomic E-state index is 0.0669. The lowest BCUT2D eigenvalue weighted by Crippen LogP contribution is -2.58. The van der Waals surface area contributed by atoms with Crippen LogP contribution in [0.4, 0.5) is 5.69 Å². The third kappa shape index (κ3) is 4.08. The van der Waals surface area contributed by atoms with Crippen LogP contribution in [0.1, 0.15) is 70.3 Å². The number of Topliss-reactive ketones (excluding diaryl/α,β-unsaturated/α-hetero) is 2. The molecule has 0 spiro atoms. The molecule has 6 nitrogen and oxygen atoms in total. The second-order valence-corrected chi connectivity index (χ2v) is 11.8. The lowest BCUT2D eigenvalue weighted by molar-refractivity contribution is -0.185. The number of hydrogen-bond donors (Lipinski definition) is 0. The van der Waals surface area contributed by atoms with Gasteiger partial charge in [0.25, 0.3) is 0 Å². The summed E-state index contributed by atoms with van der Waals surface area (Å²) in [6.07, 6.45) is 7.14. The molecule has 0 radical (unpaired) electrons. The highest BCUT2D eigenvalue weighted by Gasteiger charge is 2.67. The molecule has 5 rings (SSSR count). The van der Waals surface area contributed by atoms with E-state index < -0.39 is 17.0 Å². The van der Waals surface area contributed by atoms with Crippen molar-refractivity contribution < 1.29 is 23.9 Å². The Bertz CT molecular complexity index is 1180. The highest BCUT2D eigenvalue weighted by atomic mass is 16.6. The number of esters is 1. The number of anilines is 1. The highest BCUT2D eigenvalue weighted by molar-refractivity contribution is 5.92. The van der Waals surface area contributed by atoms with Gasteiger partial charge < -0.3 is 14.4 Å². The molecule has 0 amide bonds. The summed E-state index contributed by atoms with van der Waals surface area (Å²) in [5, 5.41) is 0. The molecule has 198 valence electrons. The van der Waals surface area contributed by atoms with Gasteiger partial charge in [-0.3, -0.25) is 14.4 Å². The first-order valence-corrected chi connectivity index (χ1v) is 13.5. The van der Waals surface area contributed by atoms with E-state index in [0.717, 1.165) is 31.4 Å². The maximum Gasteiger partial charge on any atom is 0.303 e. The minimum Gasteiger partial charge on any atom is -0.451 e. The van der Waals surface area contributed by atoms with Crippen LogP contribution >= 0.6 is 0 Å². The lowest BCUT2D eigenvalue weighted by atomic mass is 9.51. The van der Waals surface area contributed by atoms with Crippen LogP contribution in [-0.2, 0) is 23.9 Å². The molecular weight excluding hydrogens is 466 g/mol. The Morgan fingerprint density at radius 3 is 2.51 bits per heavy atom. The van der Waals surface area contributed by atoms with Gasteiger partial charge in [0.05, 0.1) is 0 Å². The molecule has 1 aromatic rings. The summed E-state index contributed by atoms with van der Waals surface area (Å²) in [7, 11) is 5.59. The van der Waals surface area contributed by atoms with Crippen LogP contribution in [-0.4, -0.2) is 50.9 Å². The Labute approximate surface area is 220 Å². The van der Waals surface area contributed by atoms with Gasteiger partial charge in [-0.2, -0.15) is 0 Å². The number of fused-ring (bicyclic) bond motifs is 4. The number of allylic oxidation sites excluding steroid dienone is 4. The van der Waals surface area contributed by atoms with Gasteiger partial charge in [0.15, 0.2) is 5.60 Å². The highest BCUT2D eigenvalue weighted by Crippen LogP contribution is 2.67. The van der Waals surface area contributed by atoms with E-state index in [9.17, 15) is 14.4 Å². The number of methoxy groups -OCH3 is 1. The van der Waals surface area contributed by atoms with E-state index in [1.165, 1.54) is 36.3 Å². The fraction of sp³-hybridized carbons (Fsp3) is 0.581. The van der Waals surface area contributed by atoms with Crippen molar-refractivity contribution in [2.45, 2.75) is 70.3 Å². The molecule has 0 saturated heterocycles. The third-order valence-corrected chi connectivity index (χ3v) is 9.69. The summed E-state index contributed by atoms with van der Waals surface area (Å²) >= 11 is 0. The molecule has 4 aliphatic carbocycles. The molecule has 1 aromatic carbocycles. The van der Waals surface area contributed by atoms with Gasteiger partial charge in [-0.1, -0.05) is 30.7 Å². The molecule has 0 bridgehead atoms. The van der Waals surface area contributed by atoms with E-state index in [4.69, 9.17) is 9.47 Å². The van der Waals surface area contributed by atoms with Crippen molar-refractivity contribution in [1.29, 1.82) is 0 Å². The van der Waals surface area contributed by atoms with E-state index in [2.05, 4.69) is 42.2 Å². The van der Waals surface area contributed by atoms with Crippen LogP contribution < -0.4 is 4.90 Å². The Morgan fingerprint density at radius 1 is 1.14 bits per heavy atom. The lowest BCUT2D eigenvalue weighted by Gasteiger charge is -2.54. The Morgan fingerprint density at radius 2 is 1.86 bits per heavy atom. The molecule has 3 saturated carbocycles. The first kappa shape index (κ1) is 25.9. The normalized spacial score (nSPS) is 32.7. The van der Waals surface area contributed by atoms with Crippen molar-refractivity contribution in [3.05, 3.63) is 52.6 Å². The summed E-state index contributed by atoms with van der Waals surface area (Å²) in [4.78, 5) is 40.5. The summed E-state index contributed by atoms with van der Waals surface area (Å²) < 4.78 is 11.4. The number of nitrogens with zero attached hydrogens (tertiary/aromatic N) is 1. The number of ether oxygens (including phenoxy) is 2. The maximum absolute atomic E-state index is 13.7. The molecular formula is C31H39NO5. The van der Waals surface area contributed by atoms with Crippen LogP contribution in [0.5, 0.6) is 0 Å². The molecule has 4 aliphatic rings. The van der Waals surface area contributed by atoms with Crippen molar-refractivity contribution in [1.82, 2.24) is 0 Å². The first-order valence-electron chi connectivity index (χ1n) is 13.5. The summed E-state index contributed by atoms with van der Waals surface area (Å²) in [6, 6.07) is 8.72. The predicted octanol–water partition coefficient (Wildman–Crippen LogP) is 5.17. The number of ketones is 2. The summed E-state index contributed by atoms with van der Waals surface area (Å²) in [5.41, 5.74) is 4.68. The van der Waals surface area contributed by atoms with Crippen molar-refractivity contribution in [3.8, 4) is 0 Å². The molecule has 0 aliphatic heterocycles. The fourth-order valence-corrected chi connectivity index (χ4v) is 8.06. The zero-order valence-corrected chi connectivity index (χ0v) is 22.8. The zero-order chi connectivity index (χ0) is 26.5. The van der Waals surface area contributed by atoms with Crippen LogP contribution in [0.3, 0.4) is 0 Å². The van der Waals surface area contributed by atoms with Gasteiger partial charge >= 0.3 is 5.97 Å². The van der Waals surface area contributed by atoms with Crippen molar-refractivity contribution in [2.24, 2.45) is 17.3 Å². The Hall–Kier alpha value is -2.73. The largest absolute Gasteiger partial charge is 0.451 e. The number of carbonyl (C=O) groups excluding carboxylic acids is 3. The third-order valence-electron chi connectivity index (χ3n) is 9.69. The molecule has 37 heavy (non-hydrogen) atoms. The van der Waals surface area contributed by atoms with E-state index >= 15 is 0 Å². The number of rotatable bonds is 6. The van der Waals surface area contributed by atoms with Crippen molar-refractivity contribution in [3.63, 3.8) is 0 Å². The van der Waals surface area contributed by atoms with E-state index in [1.807, 2.05) is 14.1 Å². The fourth-order valence-electron chi connectivity index (χ4n) is 8.06. The molecule has 0 unspecified atom stereocenters. The first-order chi connectivity index (χ1) is 17.6. The average molecular weight is 506 g/mol. The maximum atomic E-state index is 13.7. The van der Waals surface area contributed by atoms with Gasteiger partial charge in [0, 0.05) is 58.0 Å². The van der Waals surface area contributed by atoms with Crippen LogP contribution in [0.25, 0.3) is 0 Å². The average Bonchev–Trinajstić information content (AvgIpc) is 3.15. The number of benzene rings is 1. The SMILES string of the molecule is COCC(=O)[C@@]1(OC(C)=O)CC[C@H]2[C@@H]3CC=C4CC(=O)CCC4=C3[C@@H](c3ccc(N(C)C)cc3)C[C@@]21C. The summed E-state index contributed by atoms with van der Waals surface area (Å²) in [6.45, 7) is 3.51. The van der Waals surface area contributed by atoms with E-state index in [1.54, 1.807) is 0 Å². The second kappa shape index (κ2) is 9.54. The van der Waals surface area contributed by atoms with E-state index in [-0.39, 0.29) is 30.1 Å².